The van der Waals surface area contributed by atoms with Crippen LogP contribution < -0.4 is 10.9 Å². The minimum absolute atomic E-state index is 0.162. The molecule has 0 aliphatic rings. The molecule has 0 radical (unpaired) electrons. The quantitative estimate of drug-likeness (QED) is 0.598. The molecule has 1 amide bonds. The van der Waals surface area contributed by atoms with E-state index in [-0.39, 0.29) is 17.6 Å². The zero-order valence-corrected chi connectivity index (χ0v) is 10.3. The van der Waals surface area contributed by atoms with Gasteiger partial charge in [-0.2, -0.15) is 0 Å². The number of amides is 1. The molecule has 7 heteroatoms. The summed E-state index contributed by atoms with van der Waals surface area (Å²) in [5.74, 6) is -0.572. The highest BCUT2D eigenvalue weighted by Gasteiger charge is 2.15. The number of pyridine rings is 2. The Morgan fingerprint density at radius 1 is 1.58 bits per heavy atom. The van der Waals surface area contributed by atoms with E-state index < -0.39 is 11.5 Å². The number of methoxy groups -OCH3 is 1. The van der Waals surface area contributed by atoms with Crippen LogP contribution in [0.15, 0.2) is 29.2 Å². The van der Waals surface area contributed by atoms with Gasteiger partial charge in [-0.15, -0.1) is 4.73 Å². The maximum absolute atomic E-state index is 11.8. The highest BCUT2D eigenvalue weighted by atomic mass is 16.5. The molecule has 0 bridgehead atoms. The summed E-state index contributed by atoms with van der Waals surface area (Å²) in [6, 6.07) is 4.48. The SMILES string of the molecule is COCCNC(=O)c1cc2ncccc2n(O)c1=O. The average molecular weight is 263 g/mol. The molecule has 7 nitrogen and oxygen atoms in total. The number of fused-ring (bicyclic) bond motifs is 1. The van der Waals surface area contributed by atoms with E-state index in [4.69, 9.17) is 4.74 Å². The second-order valence-electron chi connectivity index (χ2n) is 3.83. The fourth-order valence-corrected chi connectivity index (χ4v) is 1.65. The summed E-state index contributed by atoms with van der Waals surface area (Å²) < 4.78 is 5.22. The maximum atomic E-state index is 11.8. The van der Waals surface area contributed by atoms with Crippen LogP contribution in [0.5, 0.6) is 0 Å². The lowest BCUT2D eigenvalue weighted by Crippen LogP contribution is -2.34. The summed E-state index contributed by atoms with van der Waals surface area (Å²) in [7, 11) is 1.51. The molecule has 0 aliphatic heterocycles. The molecular weight excluding hydrogens is 250 g/mol. The number of hydrogen-bond acceptors (Lipinski definition) is 5. The van der Waals surface area contributed by atoms with Gasteiger partial charge in [0.05, 0.1) is 12.1 Å². The fourth-order valence-electron chi connectivity index (χ4n) is 1.65. The van der Waals surface area contributed by atoms with Gasteiger partial charge in [0.25, 0.3) is 11.5 Å². The predicted octanol–water partition coefficient (Wildman–Crippen LogP) is 0.01000. The lowest BCUT2D eigenvalue weighted by atomic mass is 10.2. The number of hydrogen-bond donors (Lipinski definition) is 2. The van der Waals surface area contributed by atoms with Gasteiger partial charge >= 0.3 is 0 Å². The summed E-state index contributed by atoms with van der Waals surface area (Å²) in [6.45, 7) is 0.616. The van der Waals surface area contributed by atoms with Gasteiger partial charge in [0.1, 0.15) is 11.1 Å². The smallest absolute Gasteiger partial charge is 0.296 e. The third-order valence-electron chi connectivity index (χ3n) is 2.58. The topological polar surface area (TPSA) is 93.4 Å². The summed E-state index contributed by atoms with van der Waals surface area (Å²) in [5.41, 5.74) is -0.331. The van der Waals surface area contributed by atoms with Crippen molar-refractivity contribution in [2.45, 2.75) is 0 Å². The first-order valence-electron chi connectivity index (χ1n) is 5.62. The standard InChI is InChI=1S/C12H13N3O4/c1-19-6-5-14-11(16)8-7-9-10(3-2-4-13-9)15(18)12(8)17/h2-4,7,18H,5-6H2,1H3,(H,14,16). The van der Waals surface area contributed by atoms with Crippen LogP contribution >= 0.6 is 0 Å². The lowest BCUT2D eigenvalue weighted by molar-refractivity contribution is 0.0930. The van der Waals surface area contributed by atoms with E-state index in [1.165, 1.54) is 25.4 Å². The van der Waals surface area contributed by atoms with Crippen molar-refractivity contribution in [2.75, 3.05) is 20.3 Å². The second kappa shape index (κ2) is 5.49. The highest BCUT2D eigenvalue weighted by Crippen LogP contribution is 2.08. The third-order valence-corrected chi connectivity index (χ3v) is 2.58. The van der Waals surface area contributed by atoms with Crippen molar-refractivity contribution in [3.63, 3.8) is 0 Å². The van der Waals surface area contributed by atoms with Gasteiger partial charge in [-0.25, -0.2) is 0 Å². The number of carbonyl (C=O) groups is 1. The molecule has 0 spiro atoms. The third kappa shape index (κ3) is 2.55. The molecule has 2 heterocycles. The first-order chi connectivity index (χ1) is 9.15. The first kappa shape index (κ1) is 13.0. The molecule has 2 rings (SSSR count). The highest BCUT2D eigenvalue weighted by molar-refractivity contribution is 5.96. The van der Waals surface area contributed by atoms with Crippen LogP contribution in [0.2, 0.25) is 0 Å². The van der Waals surface area contributed by atoms with Crippen LogP contribution in [-0.4, -0.2) is 41.1 Å². The van der Waals surface area contributed by atoms with E-state index >= 15 is 0 Å². The molecule has 19 heavy (non-hydrogen) atoms. The van der Waals surface area contributed by atoms with Gasteiger partial charge in [0.2, 0.25) is 0 Å². The molecule has 0 aromatic carbocycles. The van der Waals surface area contributed by atoms with Crippen LogP contribution in [0.1, 0.15) is 10.4 Å². The van der Waals surface area contributed by atoms with Crippen LogP contribution in [0, 0.1) is 0 Å². The minimum atomic E-state index is -0.782. The van der Waals surface area contributed by atoms with E-state index in [9.17, 15) is 14.8 Å². The molecule has 100 valence electrons. The average Bonchev–Trinajstić information content (AvgIpc) is 2.43. The van der Waals surface area contributed by atoms with Gasteiger partial charge in [0, 0.05) is 19.9 Å². The van der Waals surface area contributed by atoms with Crippen LogP contribution in [-0.2, 0) is 4.74 Å². The lowest BCUT2D eigenvalue weighted by Gasteiger charge is -2.07. The zero-order valence-electron chi connectivity index (χ0n) is 10.3. The molecule has 0 aliphatic carbocycles. The summed E-state index contributed by atoms with van der Waals surface area (Å²) >= 11 is 0. The van der Waals surface area contributed by atoms with Gasteiger partial charge in [0.15, 0.2) is 0 Å². The van der Waals surface area contributed by atoms with Crippen molar-refractivity contribution in [3.8, 4) is 0 Å². The van der Waals surface area contributed by atoms with Gasteiger partial charge < -0.3 is 15.3 Å². The molecule has 0 saturated heterocycles. The Hall–Kier alpha value is -2.41. The Bertz CT molecular complexity index is 666. The predicted molar refractivity (Wildman–Crippen MR) is 67.4 cm³/mol. The minimum Gasteiger partial charge on any atom is -0.425 e. The molecule has 2 N–H and O–H groups in total. The van der Waals surface area contributed by atoms with Crippen molar-refractivity contribution >= 4 is 16.9 Å². The van der Waals surface area contributed by atoms with Crippen molar-refractivity contribution in [2.24, 2.45) is 0 Å². The summed E-state index contributed by atoms with van der Waals surface area (Å²) in [4.78, 5) is 27.7. The van der Waals surface area contributed by atoms with Gasteiger partial charge in [-0.3, -0.25) is 14.6 Å². The van der Waals surface area contributed by atoms with Crippen molar-refractivity contribution in [1.82, 2.24) is 15.0 Å². The van der Waals surface area contributed by atoms with Crippen molar-refractivity contribution in [3.05, 3.63) is 40.3 Å². The molecule has 0 saturated carbocycles. The maximum Gasteiger partial charge on any atom is 0.296 e. The number of nitrogens with one attached hydrogen (secondary N) is 1. The van der Waals surface area contributed by atoms with E-state index in [2.05, 4.69) is 10.3 Å². The van der Waals surface area contributed by atoms with Crippen molar-refractivity contribution in [1.29, 1.82) is 0 Å². The normalized spacial score (nSPS) is 10.6. The first-order valence-corrected chi connectivity index (χ1v) is 5.62. The molecule has 2 aromatic heterocycles. The number of nitrogens with zero attached hydrogens (tertiary/aromatic N) is 2. The molecule has 2 aromatic rings. The van der Waals surface area contributed by atoms with Crippen LogP contribution in [0.4, 0.5) is 0 Å². The monoisotopic (exact) mass is 263 g/mol. The zero-order chi connectivity index (χ0) is 13.8. The van der Waals surface area contributed by atoms with Crippen molar-refractivity contribution < 1.29 is 14.7 Å². The summed E-state index contributed by atoms with van der Waals surface area (Å²) in [5, 5.41) is 12.2. The van der Waals surface area contributed by atoms with E-state index in [1.54, 1.807) is 6.07 Å². The number of ether oxygens (including phenoxy) is 1. The number of rotatable bonds is 4. The molecule has 0 fully saturated rings. The Kier molecular flexibility index (Phi) is 3.76. The Morgan fingerprint density at radius 3 is 3.11 bits per heavy atom. The Balaban J connectivity index is 2.41. The number of carbonyl (C=O) groups excluding carboxylic acids is 1. The Morgan fingerprint density at radius 2 is 2.37 bits per heavy atom. The van der Waals surface area contributed by atoms with Gasteiger partial charge in [-0.1, -0.05) is 0 Å². The van der Waals surface area contributed by atoms with E-state index in [0.29, 0.717) is 16.9 Å². The van der Waals surface area contributed by atoms with E-state index in [1.807, 2.05) is 0 Å². The fraction of sp³-hybridized carbons (Fsp3) is 0.250. The summed E-state index contributed by atoms with van der Waals surface area (Å²) in [6.07, 6.45) is 1.51. The second-order valence-corrected chi connectivity index (χ2v) is 3.83. The Labute approximate surface area is 108 Å². The number of aromatic nitrogens is 2. The van der Waals surface area contributed by atoms with E-state index in [0.717, 1.165) is 0 Å². The van der Waals surface area contributed by atoms with Crippen LogP contribution in [0.3, 0.4) is 0 Å². The molecule has 0 unspecified atom stereocenters. The molecule has 0 atom stereocenters. The molecular formula is C12H13N3O4. The van der Waals surface area contributed by atoms with Crippen LogP contribution in [0.25, 0.3) is 11.0 Å². The van der Waals surface area contributed by atoms with Gasteiger partial charge in [-0.05, 0) is 18.2 Å². The largest absolute Gasteiger partial charge is 0.425 e.